The van der Waals surface area contributed by atoms with Crippen LogP contribution in [0.2, 0.25) is 11.8 Å². The van der Waals surface area contributed by atoms with E-state index >= 15 is 0 Å². The number of benzene rings is 1. The predicted molar refractivity (Wildman–Crippen MR) is 127 cm³/mol. The summed E-state index contributed by atoms with van der Waals surface area (Å²) < 4.78 is 6.10. The molecule has 0 bridgehead atoms. The van der Waals surface area contributed by atoms with Gasteiger partial charge in [-0.05, 0) is 76.5 Å². The van der Waals surface area contributed by atoms with Gasteiger partial charge in [0, 0.05) is 29.7 Å². The Balaban J connectivity index is 1.76. The molecule has 1 aromatic carbocycles. The highest BCUT2D eigenvalue weighted by Gasteiger charge is 2.35. The second kappa shape index (κ2) is 9.15. The molecule has 1 aromatic heterocycles. The molecule has 1 aliphatic carbocycles. The number of rotatable bonds is 3. The van der Waals surface area contributed by atoms with Gasteiger partial charge in [0.1, 0.15) is 0 Å². The highest BCUT2D eigenvalue weighted by Crippen LogP contribution is 2.45. The Morgan fingerprint density at radius 2 is 2.13 bits per heavy atom. The molecule has 2 aromatic rings. The maximum Gasteiger partial charge on any atom is 0.409 e. The minimum absolute atomic E-state index is 0.161. The largest absolute Gasteiger partial charge is 0.450 e. The van der Waals surface area contributed by atoms with Gasteiger partial charge < -0.3 is 9.64 Å². The molecular weight excluding hydrogens is 462 g/mol. The number of carbonyl (C=O) groups excluding carboxylic acids is 1. The van der Waals surface area contributed by atoms with E-state index in [0.29, 0.717) is 25.6 Å². The third-order valence-corrected chi connectivity index (χ3v) is 7.38. The molecule has 0 spiro atoms. The first-order valence-electron chi connectivity index (χ1n) is 10.6. The van der Waals surface area contributed by atoms with Crippen molar-refractivity contribution in [2.75, 3.05) is 19.7 Å². The number of fused-ring (bicyclic) bond motifs is 2. The lowest BCUT2D eigenvalue weighted by Crippen LogP contribution is -2.40. The number of piperidine rings is 1. The Labute approximate surface area is 192 Å². The van der Waals surface area contributed by atoms with E-state index in [4.69, 9.17) is 21.3 Å². The number of hydrogen-bond donors (Lipinski definition) is 0. The SMILES string of the molecule is CBC1=Cc2cc(Cl)c(Br)cc2C(C2CCN(C(=O)OCC)CC2)c2ncccc21. The fourth-order valence-electron chi connectivity index (χ4n) is 4.72. The number of nitrogens with zero attached hydrogens (tertiary/aromatic N) is 2. The third-order valence-electron chi connectivity index (χ3n) is 6.19. The number of halogens is 2. The molecule has 2 aliphatic rings. The molecule has 7 heteroatoms. The summed E-state index contributed by atoms with van der Waals surface area (Å²) in [7, 11) is 0.930. The summed E-state index contributed by atoms with van der Waals surface area (Å²) in [6.07, 6.45) is 5.78. The summed E-state index contributed by atoms with van der Waals surface area (Å²) in [5, 5.41) is 0.718. The van der Waals surface area contributed by atoms with Crippen molar-refractivity contribution >= 4 is 52.5 Å². The molecule has 0 saturated carbocycles. The first kappa shape index (κ1) is 21.4. The van der Waals surface area contributed by atoms with Crippen LogP contribution in [0.1, 0.15) is 48.1 Å². The molecule has 4 nitrogen and oxygen atoms in total. The summed E-state index contributed by atoms with van der Waals surface area (Å²) >= 11 is 10.1. The molecule has 30 heavy (non-hydrogen) atoms. The molecule has 1 saturated heterocycles. The Morgan fingerprint density at radius 1 is 1.37 bits per heavy atom. The maximum atomic E-state index is 12.2. The first-order chi connectivity index (χ1) is 14.5. The predicted octanol–water partition coefficient (Wildman–Crippen LogP) is 5.79. The number of hydrogen-bond acceptors (Lipinski definition) is 3. The standard InChI is InChI=1S/C23H25BBrClN2O2/c1-3-30-23(29)28-9-6-14(7-10-28)21-17-13-19(25)20(26)12-15(17)11-18(24-2)16-5-4-8-27-22(16)21/h4-5,8,11-14,21,24H,3,6-7,9-10H2,1-2H3. The van der Waals surface area contributed by atoms with Gasteiger partial charge in [-0.15, -0.1) is 0 Å². The quantitative estimate of drug-likeness (QED) is 0.515. The smallest absolute Gasteiger partial charge is 0.409 e. The van der Waals surface area contributed by atoms with E-state index in [1.165, 1.54) is 16.6 Å². The lowest BCUT2D eigenvalue weighted by atomic mass is 9.68. The van der Waals surface area contributed by atoms with Crippen LogP contribution in [-0.4, -0.2) is 43.0 Å². The zero-order valence-corrected chi connectivity index (χ0v) is 19.7. The summed E-state index contributed by atoms with van der Waals surface area (Å²) in [6.45, 7) is 5.85. The monoisotopic (exact) mass is 486 g/mol. The van der Waals surface area contributed by atoms with Crippen LogP contribution in [0.3, 0.4) is 0 Å². The molecule has 4 rings (SSSR count). The van der Waals surface area contributed by atoms with Crippen molar-refractivity contribution in [1.29, 1.82) is 0 Å². The molecule has 1 aliphatic heterocycles. The summed E-state index contributed by atoms with van der Waals surface area (Å²) in [5.74, 6) is 0.551. The van der Waals surface area contributed by atoms with Crippen molar-refractivity contribution in [2.45, 2.75) is 32.5 Å². The number of likely N-dealkylation sites (tertiary alicyclic amines) is 1. The maximum absolute atomic E-state index is 12.2. The summed E-state index contributed by atoms with van der Waals surface area (Å²) in [4.78, 5) is 18.9. The fraction of sp³-hybridized carbons (Fsp3) is 0.391. The molecule has 0 N–H and O–H groups in total. The Morgan fingerprint density at radius 3 is 2.83 bits per heavy atom. The van der Waals surface area contributed by atoms with Crippen LogP contribution in [-0.2, 0) is 4.74 Å². The van der Waals surface area contributed by atoms with Gasteiger partial charge in [0.05, 0.1) is 17.3 Å². The van der Waals surface area contributed by atoms with E-state index in [1.807, 2.05) is 24.1 Å². The van der Waals surface area contributed by atoms with E-state index in [2.05, 4.69) is 47.0 Å². The number of pyridine rings is 1. The van der Waals surface area contributed by atoms with Crippen LogP contribution in [0, 0.1) is 5.92 Å². The second-order valence-corrected chi connectivity index (χ2v) is 9.12. The van der Waals surface area contributed by atoms with Crippen LogP contribution >= 0.6 is 27.5 Å². The van der Waals surface area contributed by atoms with Gasteiger partial charge in [-0.1, -0.05) is 36.0 Å². The highest BCUT2D eigenvalue weighted by molar-refractivity contribution is 9.10. The van der Waals surface area contributed by atoms with Crippen molar-refractivity contribution in [3.8, 4) is 0 Å². The van der Waals surface area contributed by atoms with Crippen molar-refractivity contribution in [3.05, 3.63) is 62.3 Å². The molecule has 0 radical (unpaired) electrons. The van der Waals surface area contributed by atoms with E-state index in [0.717, 1.165) is 40.9 Å². The lowest BCUT2D eigenvalue weighted by Gasteiger charge is -2.36. The van der Waals surface area contributed by atoms with Gasteiger partial charge in [0.25, 0.3) is 0 Å². The van der Waals surface area contributed by atoms with Crippen LogP contribution in [0.25, 0.3) is 11.5 Å². The minimum atomic E-state index is -0.208. The summed E-state index contributed by atoms with van der Waals surface area (Å²) in [6, 6.07) is 8.42. The van der Waals surface area contributed by atoms with Gasteiger partial charge in [-0.25, -0.2) is 4.79 Å². The Hall–Kier alpha value is -1.79. The normalized spacial score (nSPS) is 18.7. The van der Waals surface area contributed by atoms with Gasteiger partial charge in [0.15, 0.2) is 7.28 Å². The first-order valence-corrected chi connectivity index (χ1v) is 11.8. The molecule has 156 valence electrons. The third kappa shape index (κ3) is 4.04. The van der Waals surface area contributed by atoms with Crippen LogP contribution in [0.15, 0.2) is 34.9 Å². The van der Waals surface area contributed by atoms with E-state index in [9.17, 15) is 4.79 Å². The number of carbonyl (C=O) groups is 1. The molecule has 2 heterocycles. The number of amides is 1. The summed E-state index contributed by atoms with van der Waals surface area (Å²) in [5.41, 5.74) is 6.05. The van der Waals surface area contributed by atoms with Crippen LogP contribution in [0.5, 0.6) is 0 Å². The fourth-order valence-corrected chi connectivity index (χ4v) is 5.25. The van der Waals surface area contributed by atoms with Crippen molar-refractivity contribution in [2.24, 2.45) is 5.92 Å². The van der Waals surface area contributed by atoms with Gasteiger partial charge >= 0.3 is 6.09 Å². The zero-order chi connectivity index (χ0) is 21.3. The second-order valence-electron chi connectivity index (χ2n) is 7.86. The Bertz CT molecular complexity index is 989. The number of ether oxygens (including phenoxy) is 1. The van der Waals surface area contributed by atoms with E-state index in [1.54, 1.807) is 0 Å². The molecular formula is C23H25BBrClN2O2. The topological polar surface area (TPSA) is 42.4 Å². The van der Waals surface area contributed by atoms with E-state index in [-0.39, 0.29) is 12.0 Å². The van der Waals surface area contributed by atoms with Crippen LogP contribution in [0.4, 0.5) is 4.79 Å². The lowest BCUT2D eigenvalue weighted by molar-refractivity contribution is 0.0900. The highest BCUT2D eigenvalue weighted by atomic mass is 79.9. The van der Waals surface area contributed by atoms with Gasteiger partial charge in [-0.3, -0.25) is 4.98 Å². The van der Waals surface area contributed by atoms with E-state index < -0.39 is 0 Å². The minimum Gasteiger partial charge on any atom is -0.450 e. The average molecular weight is 488 g/mol. The molecule has 1 fully saturated rings. The molecule has 1 unspecified atom stereocenters. The van der Waals surface area contributed by atoms with Crippen LogP contribution < -0.4 is 0 Å². The van der Waals surface area contributed by atoms with Crippen molar-refractivity contribution in [1.82, 2.24) is 9.88 Å². The molecule has 1 amide bonds. The Kier molecular flexibility index (Phi) is 6.54. The van der Waals surface area contributed by atoms with Crippen molar-refractivity contribution < 1.29 is 9.53 Å². The number of aromatic nitrogens is 1. The van der Waals surface area contributed by atoms with Gasteiger partial charge in [0.2, 0.25) is 0 Å². The zero-order valence-electron chi connectivity index (χ0n) is 17.3. The average Bonchev–Trinajstić information content (AvgIpc) is 2.89. The van der Waals surface area contributed by atoms with Crippen molar-refractivity contribution in [3.63, 3.8) is 0 Å². The van der Waals surface area contributed by atoms with Gasteiger partial charge in [-0.2, -0.15) is 0 Å². The molecule has 1 atom stereocenters.